The molecule has 6 unspecified atom stereocenters. The van der Waals surface area contributed by atoms with E-state index in [0.29, 0.717) is 30.6 Å². The fraction of sp³-hybridized carbons (Fsp3) is 0.536. The van der Waals surface area contributed by atoms with E-state index in [4.69, 9.17) is 33.0 Å². The second kappa shape index (κ2) is 10.9. The number of nitrogens with zero attached hydrogens (tertiary/aromatic N) is 2. The van der Waals surface area contributed by atoms with Crippen LogP contribution in [0.2, 0.25) is 0 Å². The molecule has 4 aliphatic rings. The van der Waals surface area contributed by atoms with E-state index in [1.54, 1.807) is 18.2 Å². The van der Waals surface area contributed by atoms with Gasteiger partial charge in [0.2, 0.25) is 11.8 Å². The van der Waals surface area contributed by atoms with Gasteiger partial charge in [0.15, 0.2) is 9.75 Å². The first-order valence-corrected chi connectivity index (χ1v) is 15.2. The number of hydrogen-bond donors (Lipinski definition) is 2. The molecule has 0 aromatic heterocycles. The van der Waals surface area contributed by atoms with E-state index < -0.39 is 51.2 Å². The average Bonchev–Trinajstić information content (AvgIpc) is 3.26. The molecule has 220 valence electrons. The quantitative estimate of drug-likeness (QED) is 0.133. The second-order valence-corrected chi connectivity index (χ2v) is 12.7. The maximum Gasteiger partial charge on any atom is 0.303 e. The molecule has 1 aromatic rings. The number of benzene rings is 1. The van der Waals surface area contributed by atoms with Gasteiger partial charge in [-0.15, -0.1) is 23.2 Å². The number of fused-ring (bicyclic) bond motifs is 4. The standard InChI is InChI=1S/C28H29BrCl2N2O8/c1-41-14-6-7-16(19(34)11-14)22-15-8-9-17-21(24(38)32(23(17)37)10-4-2-3-5-20(35)36)18(15)12-27(30)25(39)33(13-29)26(40)28(22,27)31/h6-8,11,17-18,21-22,34H,2-5,9-10,12-13H2,1H3,(H,35,36). The molecule has 5 rings (SSSR count). The topological polar surface area (TPSA) is 142 Å². The van der Waals surface area contributed by atoms with E-state index >= 15 is 0 Å². The number of likely N-dealkylation sites (tertiary alicyclic amines) is 2. The highest BCUT2D eigenvalue weighted by molar-refractivity contribution is 9.09. The summed E-state index contributed by atoms with van der Waals surface area (Å²) in [7, 11) is 1.44. The van der Waals surface area contributed by atoms with Crippen molar-refractivity contribution in [2.75, 3.05) is 19.1 Å². The molecule has 6 atom stereocenters. The summed E-state index contributed by atoms with van der Waals surface area (Å²) in [5, 5.41) is 19.9. The van der Waals surface area contributed by atoms with Gasteiger partial charge in [-0.05, 0) is 37.7 Å². The summed E-state index contributed by atoms with van der Waals surface area (Å²) in [6.45, 7) is 0.162. The number of amides is 4. The van der Waals surface area contributed by atoms with Crippen LogP contribution in [0.5, 0.6) is 11.5 Å². The number of aliphatic carboxylic acids is 1. The zero-order valence-corrected chi connectivity index (χ0v) is 25.2. The van der Waals surface area contributed by atoms with Crippen LogP contribution < -0.4 is 4.74 Å². The van der Waals surface area contributed by atoms with Crippen LogP contribution >= 0.6 is 39.1 Å². The van der Waals surface area contributed by atoms with E-state index in [1.165, 1.54) is 18.1 Å². The van der Waals surface area contributed by atoms with E-state index in [1.807, 2.05) is 0 Å². The van der Waals surface area contributed by atoms with Crippen LogP contribution in [-0.4, -0.2) is 78.5 Å². The number of phenols is 1. The lowest BCUT2D eigenvalue weighted by atomic mass is 9.56. The van der Waals surface area contributed by atoms with Gasteiger partial charge in [0, 0.05) is 30.5 Å². The van der Waals surface area contributed by atoms with Crippen LogP contribution in [0.1, 0.15) is 50.0 Å². The maximum atomic E-state index is 13.8. The molecule has 10 nitrogen and oxygen atoms in total. The van der Waals surface area contributed by atoms with Crippen molar-refractivity contribution < 1.29 is 38.9 Å². The minimum atomic E-state index is -2.00. The molecule has 0 radical (unpaired) electrons. The summed E-state index contributed by atoms with van der Waals surface area (Å²) in [5.41, 5.74) is 0.697. The summed E-state index contributed by atoms with van der Waals surface area (Å²) in [6, 6.07) is 4.54. The zero-order valence-electron chi connectivity index (χ0n) is 22.1. The van der Waals surface area contributed by atoms with E-state index in [2.05, 4.69) is 15.9 Å². The van der Waals surface area contributed by atoms with Crippen LogP contribution in [0.4, 0.5) is 0 Å². The number of aromatic hydroxyl groups is 1. The Morgan fingerprint density at radius 1 is 1.07 bits per heavy atom. The SMILES string of the molecule is COc1ccc(C2C3=CCC4C(=O)N(CCCCCC(=O)O)C(=O)C4C3CC3(Cl)C(=O)N(CBr)C(=O)C23Cl)c(O)c1. The third kappa shape index (κ3) is 4.38. The Morgan fingerprint density at radius 2 is 1.80 bits per heavy atom. The van der Waals surface area contributed by atoms with Crippen molar-refractivity contribution in [2.24, 2.45) is 17.8 Å². The lowest BCUT2D eigenvalue weighted by Gasteiger charge is -2.50. The predicted molar refractivity (Wildman–Crippen MR) is 151 cm³/mol. The van der Waals surface area contributed by atoms with Gasteiger partial charge < -0.3 is 14.9 Å². The number of carbonyl (C=O) groups is 5. The molecular weight excluding hydrogens is 643 g/mol. The van der Waals surface area contributed by atoms with Crippen molar-refractivity contribution in [2.45, 2.75) is 54.2 Å². The first-order valence-electron chi connectivity index (χ1n) is 13.4. The molecule has 2 heterocycles. The van der Waals surface area contributed by atoms with Crippen LogP contribution in [-0.2, 0) is 24.0 Å². The third-order valence-electron chi connectivity index (χ3n) is 8.93. The normalized spacial score (nSPS) is 32.5. The number of halogens is 3. The number of phenolic OH excluding ortho intramolecular Hbond substituents is 1. The fourth-order valence-corrected chi connectivity index (χ4v) is 8.42. The summed E-state index contributed by atoms with van der Waals surface area (Å²) in [5.74, 6) is -6.12. The molecule has 2 aliphatic heterocycles. The second-order valence-electron chi connectivity index (χ2n) is 10.9. The number of carboxylic acids is 1. The Morgan fingerprint density at radius 3 is 2.44 bits per heavy atom. The molecule has 41 heavy (non-hydrogen) atoms. The minimum absolute atomic E-state index is 0.0121. The fourth-order valence-electron chi connectivity index (χ4n) is 7.00. The Kier molecular flexibility index (Phi) is 7.93. The number of allylic oxidation sites excluding steroid dienone is 2. The number of imide groups is 2. The number of carboxylic acid groups (broad SMARTS) is 1. The van der Waals surface area contributed by atoms with Crippen molar-refractivity contribution >= 4 is 68.7 Å². The lowest BCUT2D eigenvalue weighted by Crippen LogP contribution is -2.60. The molecule has 1 aromatic carbocycles. The zero-order chi connectivity index (χ0) is 29.9. The smallest absolute Gasteiger partial charge is 0.303 e. The summed E-state index contributed by atoms with van der Waals surface area (Å²) in [4.78, 5) is 63.6. The predicted octanol–water partition coefficient (Wildman–Crippen LogP) is 3.76. The maximum absolute atomic E-state index is 13.8. The molecule has 2 aliphatic carbocycles. The van der Waals surface area contributed by atoms with Gasteiger partial charge in [-0.3, -0.25) is 33.8 Å². The van der Waals surface area contributed by atoms with Gasteiger partial charge in [-0.2, -0.15) is 0 Å². The summed E-state index contributed by atoms with van der Waals surface area (Å²) >= 11 is 17.5. The first-order chi connectivity index (χ1) is 19.4. The number of carbonyl (C=O) groups excluding carboxylic acids is 4. The molecule has 1 saturated carbocycles. The highest BCUT2D eigenvalue weighted by Crippen LogP contribution is 2.66. The first kappa shape index (κ1) is 29.8. The highest BCUT2D eigenvalue weighted by atomic mass is 79.9. The number of unbranched alkanes of at least 4 members (excludes halogenated alkanes) is 2. The Balaban J connectivity index is 1.55. The number of alkyl halides is 3. The highest BCUT2D eigenvalue weighted by Gasteiger charge is 2.76. The lowest BCUT2D eigenvalue weighted by molar-refractivity contribution is -0.141. The molecule has 0 bridgehead atoms. The molecule has 0 spiro atoms. The Bertz CT molecular complexity index is 1370. The van der Waals surface area contributed by atoms with Gasteiger partial charge in [-0.1, -0.05) is 40.1 Å². The van der Waals surface area contributed by atoms with Crippen LogP contribution in [0.25, 0.3) is 0 Å². The van der Waals surface area contributed by atoms with Gasteiger partial charge in [0.05, 0.1) is 24.4 Å². The van der Waals surface area contributed by atoms with Crippen molar-refractivity contribution in [3.63, 3.8) is 0 Å². The van der Waals surface area contributed by atoms with E-state index in [9.17, 15) is 29.1 Å². The molecular formula is C28H29BrCl2N2O8. The Labute approximate surface area is 254 Å². The molecule has 3 fully saturated rings. The summed E-state index contributed by atoms with van der Waals surface area (Å²) in [6.07, 6.45) is 3.34. The third-order valence-corrected chi connectivity index (χ3v) is 10.8. The van der Waals surface area contributed by atoms with Crippen molar-refractivity contribution in [3.8, 4) is 11.5 Å². The molecule has 2 saturated heterocycles. The Hall–Kier alpha value is -2.63. The number of rotatable bonds is 9. The minimum Gasteiger partial charge on any atom is -0.508 e. The van der Waals surface area contributed by atoms with Crippen LogP contribution in [0.15, 0.2) is 29.8 Å². The van der Waals surface area contributed by atoms with Crippen molar-refractivity contribution in [1.29, 1.82) is 0 Å². The van der Waals surface area contributed by atoms with E-state index in [-0.39, 0.29) is 54.4 Å². The number of ether oxygens (including phenoxy) is 1. The van der Waals surface area contributed by atoms with Gasteiger partial charge in [-0.25, -0.2) is 0 Å². The van der Waals surface area contributed by atoms with Crippen molar-refractivity contribution in [3.05, 3.63) is 35.4 Å². The van der Waals surface area contributed by atoms with E-state index in [0.717, 1.165) is 4.90 Å². The summed E-state index contributed by atoms with van der Waals surface area (Å²) < 4.78 is 5.22. The molecule has 13 heteroatoms. The van der Waals surface area contributed by atoms with Gasteiger partial charge in [0.1, 0.15) is 11.5 Å². The van der Waals surface area contributed by atoms with Gasteiger partial charge in [0.25, 0.3) is 11.8 Å². The van der Waals surface area contributed by atoms with Gasteiger partial charge >= 0.3 is 5.97 Å². The average molecular weight is 672 g/mol. The van der Waals surface area contributed by atoms with Crippen molar-refractivity contribution in [1.82, 2.24) is 9.80 Å². The number of methoxy groups -OCH3 is 1. The monoisotopic (exact) mass is 670 g/mol. The number of hydrogen-bond acceptors (Lipinski definition) is 7. The van der Waals surface area contributed by atoms with Crippen LogP contribution in [0, 0.1) is 17.8 Å². The molecule has 2 N–H and O–H groups in total. The van der Waals surface area contributed by atoms with Crippen LogP contribution in [0.3, 0.4) is 0 Å². The largest absolute Gasteiger partial charge is 0.508 e. The molecule has 4 amide bonds.